The molecule has 1 unspecified atom stereocenters. The van der Waals surface area contributed by atoms with Crippen LogP contribution < -0.4 is 20.3 Å². The molecule has 0 spiro atoms. The van der Waals surface area contributed by atoms with Crippen molar-refractivity contribution < 1.29 is 14.3 Å². The number of fused-ring (bicyclic) bond motifs is 1. The SMILES string of the molecule is CCNC(=NCC(C)N1CCOCC1)NCCCN1C(=O)COc2ccccc21. The lowest BCUT2D eigenvalue weighted by Gasteiger charge is -2.31. The number of guanidine groups is 1. The summed E-state index contributed by atoms with van der Waals surface area (Å²) >= 11 is 0. The standard InChI is InChI=1S/C21H33N5O3/c1-3-22-21(24-15-17(2)25-11-13-28-14-12-25)23-9-6-10-26-18-7-4-5-8-19(18)29-16-20(26)27/h4-5,7-8,17H,3,6,9-16H2,1-2H3,(H2,22,23,24). The highest BCUT2D eigenvalue weighted by molar-refractivity contribution is 5.97. The van der Waals surface area contributed by atoms with Crippen LogP contribution in [0, 0.1) is 0 Å². The van der Waals surface area contributed by atoms with Gasteiger partial charge in [0, 0.05) is 38.8 Å². The highest BCUT2D eigenvalue weighted by Gasteiger charge is 2.24. The summed E-state index contributed by atoms with van der Waals surface area (Å²) < 4.78 is 10.9. The molecule has 2 N–H and O–H groups in total. The lowest BCUT2D eigenvalue weighted by atomic mass is 10.2. The fourth-order valence-corrected chi connectivity index (χ4v) is 3.54. The summed E-state index contributed by atoms with van der Waals surface area (Å²) in [4.78, 5) is 21.2. The molecule has 0 aromatic heterocycles. The normalized spacial score (nSPS) is 18.8. The number of carbonyl (C=O) groups excluding carboxylic acids is 1. The average molecular weight is 404 g/mol. The quantitative estimate of drug-likeness (QED) is 0.384. The van der Waals surface area contributed by atoms with Crippen LogP contribution in [0.2, 0.25) is 0 Å². The minimum absolute atomic E-state index is 0.00334. The maximum Gasteiger partial charge on any atom is 0.265 e. The number of carbonyl (C=O) groups is 1. The Morgan fingerprint density at radius 3 is 2.83 bits per heavy atom. The molecule has 0 saturated carbocycles. The number of nitrogens with zero attached hydrogens (tertiary/aromatic N) is 3. The molecule has 0 aliphatic carbocycles. The van der Waals surface area contributed by atoms with Crippen molar-refractivity contribution in [3.63, 3.8) is 0 Å². The van der Waals surface area contributed by atoms with Gasteiger partial charge in [-0.15, -0.1) is 0 Å². The van der Waals surface area contributed by atoms with Gasteiger partial charge in [0.15, 0.2) is 12.6 Å². The molecule has 3 rings (SSSR count). The van der Waals surface area contributed by atoms with Crippen molar-refractivity contribution in [2.75, 3.05) is 64.0 Å². The Morgan fingerprint density at radius 1 is 1.24 bits per heavy atom. The van der Waals surface area contributed by atoms with E-state index >= 15 is 0 Å². The fourth-order valence-electron chi connectivity index (χ4n) is 3.54. The zero-order chi connectivity index (χ0) is 20.5. The second-order valence-corrected chi connectivity index (χ2v) is 7.30. The van der Waals surface area contributed by atoms with Crippen LogP contribution in [0.5, 0.6) is 5.75 Å². The molecule has 0 radical (unpaired) electrons. The van der Waals surface area contributed by atoms with E-state index in [1.807, 2.05) is 29.2 Å². The minimum atomic E-state index is 0.00334. The molecule has 2 aliphatic heterocycles. The van der Waals surface area contributed by atoms with Crippen LogP contribution in [0.1, 0.15) is 20.3 Å². The van der Waals surface area contributed by atoms with Crippen LogP contribution in [-0.2, 0) is 9.53 Å². The molecule has 1 aromatic rings. The van der Waals surface area contributed by atoms with E-state index in [0.717, 1.165) is 69.8 Å². The van der Waals surface area contributed by atoms with Crippen molar-refractivity contribution in [1.82, 2.24) is 15.5 Å². The highest BCUT2D eigenvalue weighted by Crippen LogP contribution is 2.31. The first-order valence-corrected chi connectivity index (χ1v) is 10.5. The smallest absolute Gasteiger partial charge is 0.265 e. The molecule has 1 aromatic carbocycles. The number of ether oxygens (including phenoxy) is 2. The van der Waals surface area contributed by atoms with Gasteiger partial charge in [-0.2, -0.15) is 0 Å². The van der Waals surface area contributed by atoms with Gasteiger partial charge in [-0.05, 0) is 32.4 Å². The summed E-state index contributed by atoms with van der Waals surface area (Å²) in [5, 5.41) is 6.68. The van der Waals surface area contributed by atoms with Crippen molar-refractivity contribution >= 4 is 17.6 Å². The number of nitrogens with one attached hydrogen (secondary N) is 2. The molecule has 1 fully saturated rings. The van der Waals surface area contributed by atoms with Crippen LogP contribution in [-0.4, -0.2) is 81.9 Å². The predicted octanol–water partition coefficient (Wildman–Crippen LogP) is 1.08. The molecule has 1 saturated heterocycles. The van der Waals surface area contributed by atoms with E-state index in [-0.39, 0.29) is 12.5 Å². The summed E-state index contributed by atoms with van der Waals surface area (Å²) in [5.74, 6) is 1.59. The summed E-state index contributed by atoms with van der Waals surface area (Å²) in [6, 6.07) is 8.07. The molecule has 2 aliphatic rings. The molecule has 0 bridgehead atoms. The molecule has 160 valence electrons. The topological polar surface area (TPSA) is 78.4 Å². The summed E-state index contributed by atoms with van der Waals surface area (Å²) in [6.45, 7) is 10.9. The van der Waals surface area contributed by atoms with Gasteiger partial charge in [0.25, 0.3) is 5.91 Å². The van der Waals surface area contributed by atoms with Gasteiger partial charge >= 0.3 is 0 Å². The van der Waals surface area contributed by atoms with Gasteiger partial charge in [0.05, 0.1) is 25.4 Å². The third-order valence-electron chi connectivity index (χ3n) is 5.19. The summed E-state index contributed by atoms with van der Waals surface area (Å²) in [5.41, 5.74) is 0.851. The average Bonchev–Trinajstić information content (AvgIpc) is 2.76. The van der Waals surface area contributed by atoms with E-state index in [1.165, 1.54) is 0 Å². The lowest BCUT2D eigenvalue weighted by molar-refractivity contribution is -0.121. The van der Waals surface area contributed by atoms with Gasteiger partial charge in [-0.1, -0.05) is 12.1 Å². The van der Waals surface area contributed by atoms with E-state index in [0.29, 0.717) is 12.6 Å². The number of para-hydroxylation sites is 2. The van der Waals surface area contributed by atoms with Crippen molar-refractivity contribution in [3.05, 3.63) is 24.3 Å². The number of hydrogen-bond acceptors (Lipinski definition) is 5. The van der Waals surface area contributed by atoms with E-state index in [2.05, 4.69) is 29.4 Å². The Balaban J connectivity index is 1.46. The Morgan fingerprint density at radius 2 is 2.03 bits per heavy atom. The molecule has 1 atom stereocenters. The van der Waals surface area contributed by atoms with E-state index in [1.54, 1.807) is 0 Å². The molecule has 8 heteroatoms. The number of aliphatic imine (C=N–C) groups is 1. The molecule has 29 heavy (non-hydrogen) atoms. The first kappa shape index (κ1) is 21.4. The van der Waals surface area contributed by atoms with Crippen LogP contribution in [0.15, 0.2) is 29.3 Å². The highest BCUT2D eigenvalue weighted by atomic mass is 16.5. The monoisotopic (exact) mass is 403 g/mol. The third-order valence-corrected chi connectivity index (χ3v) is 5.19. The van der Waals surface area contributed by atoms with Crippen LogP contribution in [0.3, 0.4) is 0 Å². The zero-order valence-corrected chi connectivity index (χ0v) is 17.5. The maximum absolute atomic E-state index is 12.2. The first-order chi connectivity index (χ1) is 14.2. The Labute approximate surface area is 173 Å². The van der Waals surface area contributed by atoms with Gasteiger partial charge in [0.2, 0.25) is 0 Å². The van der Waals surface area contributed by atoms with Gasteiger partial charge < -0.3 is 25.0 Å². The number of hydrogen-bond donors (Lipinski definition) is 2. The molecule has 8 nitrogen and oxygen atoms in total. The maximum atomic E-state index is 12.2. The zero-order valence-electron chi connectivity index (χ0n) is 17.5. The number of amides is 1. The number of anilines is 1. The van der Waals surface area contributed by atoms with Crippen molar-refractivity contribution in [3.8, 4) is 5.75 Å². The number of rotatable bonds is 8. The van der Waals surface area contributed by atoms with E-state index in [9.17, 15) is 4.79 Å². The lowest BCUT2D eigenvalue weighted by Crippen LogP contribution is -2.45. The van der Waals surface area contributed by atoms with Crippen molar-refractivity contribution in [2.24, 2.45) is 4.99 Å². The van der Waals surface area contributed by atoms with Crippen molar-refractivity contribution in [1.29, 1.82) is 0 Å². The van der Waals surface area contributed by atoms with Crippen LogP contribution in [0.25, 0.3) is 0 Å². The van der Waals surface area contributed by atoms with Crippen LogP contribution in [0.4, 0.5) is 5.69 Å². The predicted molar refractivity (Wildman–Crippen MR) is 115 cm³/mol. The minimum Gasteiger partial charge on any atom is -0.482 e. The Kier molecular flexibility index (Phi) is 8.13. The molecule has 1 amide bonds. The van der Waals surface area contributed by atoms with Gasteiger partial charge in [-0.25, -0.2) is 0 Å². The number of morpholine rings is 1. The van der Waals surface area contributed by atoms with Crippen LogP contribution >= 0.6 is 0 Å². The Bertz CT molecular complexity index is 691. The molecular weight excluding hydrogens is 370 g/mol. The summed E-state index contributed by atoms with van der Waals surface area (Å²) in [7, 11) is 0. The van der Waals surface area contributed by atoms with Gasteiger partial charge in [0.1, 0.15) is 5.75 Å². The van der Waals surface area contributed by atoms with E-state index < -0.39 is 0 Å². The van der Waals surface area contributed by atoms with Crippen molar-refractivity contribution in [2.45, 2.75) is 26.3 Å². The van der Waals surface area contributed by atoms with E-state index in [4.69, 9.17) is 14.5 Å². The third kappa shape index (κ3) is 6.08. The molecular formula is C21H33N5O3. The Hall–Kier alpha value is -2.32. The second-order valence-electron chi connectivity index (χ2n) is 7.30. The number of benzene rings is 1. The summed E-state index contributed by atoms with van der Waals surface area (Å²) in [6.07, 6.45) is 0.823. The first-order valence-electron chi connectivity index (χ1n) is 10.5. The van der Waals surface area contributed by atoms with Gasteiger partial charge in [-0.3, -0.25) is 14.7 Å². The largest absolute Gasteiger partial charge is 0.482 e. The second kappa shape index (κ2) is 11.0. The fraction of sp³-hybridized carbons (Fsp3) is 0.619. The molecule has 2 heterocycles.